The molecule has 1 unspecified atom stereocenters. The fourth-order valence-electron chi connectivity index (χ4n) is 1.91. The van der Waals surface area contributed by atoms with Gasteiger partial charge in [0.2, 0.25) is 0 Å². The van der Waals surface area contributed by atoms with Crippen molar-refractivity contribution in [3.8, 4) is 0 Å². The van der Waals surface area contributed by atoms with Gasteiger partial charge in [-0.05, 0) is 45.8 Å². The Morgan fingerprint density at radius 2 is 2.18 bits per heavy atom. The molecule has 0 aromatic carbocycles. The van der Waals surface area contributed by atoms with Crippen LogP contribution < -0.4 is 5.32 Å². The van der Waals surface area contributed by atoms with E-state index >= 15 is 0 Å². The fraction of sp³-hybridized carbons (Fsp3) is 0.923. The molecule has 0 aromatic heterocycles. The van der Waals surface area contributed by atoms with Gasteiger partial charge in [-0.2, -0.15) is 0 Å². The Morgan fingerprint density at radius 1 is 1.41 bits per heavy atom. The molecule has 0 radical (unpaired) electrons. The van der Waals surface area contributed by atoms with Crippen molar-refractivity contribution >= 4 is 16.9 Å². The van der Waals surface area contributed by atoms with Crippen molar-refractivity contribution in [2.75, 3.05) is 33.7 Å². The molecule has 1 atom stereocenters. The van der Waals surface area contributed by atoms with Gasteiger partial charge in [0.05, 0.1) is 6.54 Å². The zero-order valence-corrected chi connectivity index (χ0v) is 12.5. The molecule has 0 spiro atoms. The molecule has 1 heterocycles. The number of thioether (sulfide) groups is 1. The Kier molecular flexibility index (Phi) is 6.97. The first kappa shape index (κ1) is 14.8. The molecule has 0 bridgehead atoms. The molecule has 4 heteroatoms. The van der Waals surface area contributed by atoms with E-state index < -0.39 is 0 Å². The molecule has 1 rings (SSSR count). The average Bonchev–Trinajstić information content (AvgIpc) is 2.63. The van der Waals surface area contributed by atoms with Crippen LogP contribution in [0.4, 0.5) is 0 Å². The molecule has 1 aliphatic heterocycles. The summed E-state index contributed by atoms with van der Waals surface area (Å²) < 4.78 is 0. The summed E-state index contributed by atoms with van der Waals surface area (Å²) in [7, 11) is 4.25. The second-order valence-electron chi connectivity index (χ2n) is 5.45. The maximum Gasteiger partial charge on any atom is 0.156 e. The largest absolute Gasteiger partial charge is 0.365 e. The van der Waals surface area contributed by atoms with Crippen molar-refractivity contribution in [1.82, 2.24) is 10.2 Å². The van der Waals surface area contributed by atoms with E-state index in [1.165, 1.54) is 31.0 Å². The van der Waals surface area contributed by atoms with Crippen LogP contribution in [0.15, 0.2) is 4.99 Å². The maximum atomic E-state index is 4.56. The fourth-order valence-corrected chi connectivity index (χ4v) is 3.19. The first-order chi connectivity index (χ1) is 8.08. The Balaban J connectivity index is 2.02. The van der Waals surface area contributed by atoms with Gasteiger partial charge in [-0.1, -0.05) is 25.6 Å². The van der Waals surface area contributed by atoms with E-state index in [1.54, 1.807) is 0 Å². The Labute approximate surface area is 110 Å². The summed E-state index contributed by atoms with van der Waals surface area (Å²) in [5.74, 6) is 0.780. The first-order valence-corrected chi connectivity index (χ1v) is 7.55. The van der Waals surface area contributed by atoms with Crippen LogP contribution in [-0.2, 0) is 0 Å². The highest BCUT2D eigenvalue weighted by Gasteiger charge is 2.19. The standard InChI is InChI=1S/C13H27N3S/c1-11(2)9-12-10-15-13(17-12)14-7-5-6-8-16(3)4/h11-12H,5-10H2,1-4H3,(H,14,15). The zero-order valence-electron chi connectivity index (χ0n) is 11.7. The highest BCUT2D eigenvalue weighted by atomic mass is 32.2. The van der Waals surface area contributed by atoms with E-state index in [4.69, 9.17) is 0 Å². The van der Waals surface area contributed by atoms with E-state index in [2.05, 4.69) is 43.2 Å². The number of unbranched alkanes of at least 4 members (excludes halogenated alkanes) is 1. The van der Waals surface area contributed by atoms with Gasteiger partial charge in [0, 0.05) is 11.8 Å². The molecule has 0 fully saturated rings. The molecule has 0 saturated heterocycles. The number of nitrogens with one attached hydrogen (secondary N) is 1. The molecular weight excluding hydrogens is 230 g/mol. The Morgan fingerprint density at radius 3 is 2.82 bits per heavy atom. The second-order valence-corrected chi connectivity index (χ2v) is 6.74. The highest BCUT2D eigenvalue weighted by Crippen LogP contribution is 2.25. The van der Waals surface area contributed by atoms with Gasteiger partial charge in [-0.3, -0.25) is 4.99 Å². The minimum atomic E-state index is 0.708. The summed E-state index contributed by atoms with van der Waals surface area (Å²) in [5, 5.41) is 5.33. The third-order valence-electron chi connectivity index (χ3n) is 2.76. The molecule has 1 aliphatic rings. The third kappa shape index (κ3) is 6.94. The van der Waals surface area contributed by atoms with Gasteiger partial charge < -0.3 is 10.2 Å². The smallest absolute Gasteiger partial charge is 0.156 e. The Bertz CT molecular complexity index is 239. The minimum Gasteiger partial charge on any atom is -0.365 e. The summed E-state index contributed by atoms with van der Waals surface area (Å²) in [5.41, 5.74) is 0. The van der Waals surface area contributed by atoms with E-state index in [9.17, 15) is 0 Å². The lowest BCUT2D eigenvalue weighted by Gasteiger charge is -2.12. The maximum absolute atomic E-state index is 4.56. The van der Waals surface area contributed by atoms with Crippen LogP contribution >= 0.6 is 11.8 Å². The van der Waals surface area contributed by atoms with E-state index in [-0.39, 0.29) is 0 Å². The van der Waals surface area contributed by atoms with Gasteiger partial charge in [-0.15, -0.1) is 0 Å². The molecular formula is C13H27N3S. The number of nitrogens with zero attached hydrogens (tertiary/aromatic N) is 2. The summed E-state index contributed by atoms with van der Waals surface area (Å²) >= 11 is 1.93. The lowest BCUT2D eigenvalue weighted by atomic mass is 10.1. The van der Waals surface area contributed by atoms with Gasteiger partial charge in [0.25, 0.3) is 0 Å². The van der Waals surface area contributed by atoms with Gasteiger partial charge in [-0.25, -0.2) is 0 Å². The van der Waals surface area contributed by atoms with E-state index in [0.29, 0.717) is 5.25 Å². The van der Waals surface area contributed by atoms with Crippen molar-refractivity contribution in [3.63, 3.8) is 0 Å². The zero-order chi connectivity index (χ0) is 12.7. The summed E-state index contributed by atoms with van der Waals surface area (Å²) in [6, 6.07) is 0. The van der Waals surface area contributed by atoms with Crippen molar-refractivity contribution in [2.45, 2.75) is 38.4 Å². The molecule has 0 aliphatic carbocycles. The van der Waals surface area contributed by atoms with Crippen LogP contribution in [0.3, 0.4) is 0 Å². The topological polar surface area (TPSA) is 27.6 Å². The van der Waals surface area contributed by atoms with Crippen molar-refractivity contribution in [2.24, 2.45) is 10.9 Å². The number of aliphatic imine (C=N–C) groups is 1. The van der Waals surface area contributed by atoms with Gasteiger partial charge in [0.15, 0.2) is 5.17 Å². The number of amidine groups is 1. The third-order valence-corrected chi connectivity index (χ3v) is 3.93. The van der Waals surface area contributed by atoms with E-state index in [1.807, 2.05) is 11.8 Å². The lowest BCUT2D eigenvalue weighted by Crippen LogP contribution is -2.22. The molecule has 0 amide bonds. The normalized spacial score (nSPS) is 20.1. The molecule has 0 saturated carbocycles. The number of hydrogen-bond donors (Lipinski definition) is 1. The average molecular weight is 257 g/mol. The van der Waals surface area contributed by atoms with Crippen LogP contribution in [-0.4, -0.2) is 49.0 Å². The predicted octanol–water partition coefficient (Wildman–Crippen LogP) is 2.44. The van der Waals surface area contributed by atoms with Crippen LogP contribution in [0.2, 0.25) is 0 Å². The van der Waals surface area contributed by atoms with Crippen LogP contribution in [0.1, 0.15) is 33.1 Å². The quantitative estimate of drug-likeness (QED) is 0.710. The lowest BCUT2D eigenvalue weighted by molar-refractivity contribution is 0.394. The second kappa shape index (κ2) is 7.98. The first-order valence-electron chi connectivity index (χ1n) is 6.67. The molecule has 3 nitrogen and oxygen atoms in total. The summed E-state index contributed by atoms with van der Waals surface area (Å²) in [6.07, 6.45) is 3.76. The Hall–Kier alpha value is -0.220. The SMILES string of the molecule is CC(C)CC1CN=C(NCCCCN(C)C)S1. The molecule has 1 N–H and O–H groups in total. The van der Waals surface area contributed by atoms with Crippen LogP contribution in [0.5, 0.6) is 0 Å². The van der Waals surface area contributed by atoms with Gasteiger partial charge in [0.1, 0.15) is 0 Å². The summed E-state index contributed by atoms with van der Waals surface area (Å²) in [4.78, 5) is 6.80. The number of hydrogen-bond acceptors (Lipinski definition) is 4. The van der Waals surface area contributed by atoms with E-state index in [0.717, 1.165) is 19.0 Å². The van der Waals surface area contributed by atoms with Crippen molar-refractivity contribution < 1.29 is 0 Å². The van der Waals surface area contributed by atoms with Crippen LogP contribution in [0, 0.1) is 5.92 Å². The highest BCUT2D eigenvalue weighted by molar-refractivity contribution is 8.14. The molecule has 0 aromatic rings. The minimum absolute atomic E-state index is 0.708. The summed E-state index contributed by atoms with van der Waals surface area (Å²) in [6.45, 7) is 7.81. The number of rotatable bonds is 7. The van der Waals surface area contributed by atoms with Crippen molar-refractivity contribution in [1.29, 1.82) is 0 Å². The predicted molar refractivity (Wildman–Crippen MR) is 78.9 cm³/mol. The monoisotopic (exact) mass is 257 g/mol. The molecule has 100 valence electrons. The van der Waals surface area contributed by atoms with Crippen LogP contribution in [0.25, 0.3) is 0 Å². The molecule has 17 heavy (non-hydrogen) atoms. The van der Waals surface area contributed by atoms with Crippen molar-refractivity contribution in [3.05, 3.63) is 0 Å². The van der Waals surface area contributed by atoms with Gasteiger partial charge >= 0.3 is 0 Å².